The van der Waals surface area contributed by atoms with Crippen LogP contribution in [0.2, 0.25) is 0 Å². The van der Waals surface area contributed by atoms with E-state index >= 15 is 0 Å². The molecule has 0 unspecified atom stereocenters. The van der Waals surface area contributed by atoms with Gasteiger partial charge in [-0.1, -0.05) is 19.1 Å². The Labute approximate surface area is 136 Å². The summed E-state index contributed by atoms with van der Waals surface area (Å²) in [6.07, 6.45) is 1.02. The van der Waals surface area contributed by atoms with Crippen LogP contribution in [-0.4, -0.2) is 14.5 Å². The number of rotatable bonds is 6. The number of hydrogen-bond donors (Lipinski definition) is 0. The van der Waals surface area contributed by atoms with Crippen molar-refractivity contribution in [2.24, 2.45) is 0 Å². The highest BCUT2D eigenvalue weighted by Crippen LogP contribution is 2.24. The predicted octanol–water partition coefficient (Wildman–Crippen LogP) is 4.41. The molecule has 0 aliphatic heterocycles. The summed E-state index contributed by atoms with van der Waals surface area (Å²) in [5.41, 5.74) is 3.21. The second-order valence-corrected chi connectivity index (χ2v) is 6.61. The number of benzene rings is 1. The topological polar surface area (TPSA) is 43.1 Å². The molecule has 106 valence electrons. The molecular formula is C15H16INO2S. The van der Waals surface area contributed by atoms with Crippen LogP contribution < -0.4 is 0 Å². The van der Waals surface area contributed by atoms with Gasteiger partial charge in [-0.3, -0.25) is 4.79 Å². The average Bonchev–Trinajstić information content (AvgIpc) is 2.80. The first-order valence-corrected chi connectivity index (χ1v) is 8.65. The van der Waals surface area contributed by atoms with Crippen molar-refractivity contribution < 1.29 is 9.21 Å². The zero-order valence-electron chi connectivity index (χ0n) is 11.5. The van der Waals surface area contributed by atoms with E-state index in [-0.39, 0.29) is 3.79 Å². The van der Waals surface area contributed by atoms with Crippen molar-refractivity contribution in [3.63, 3.8) is 0 Å². The molecule has 0 radical (unpaired) electrons. The summed E-state index contributed by atoms with van der Waals surface area (Å²) in [6.45, 7) is 4.05. The van der Waals surface area contributed by atoms with Gasteiger partial charge in [-0.05, 0) is 31.0 Å². The van der Waals surface area contributed by atoms with Gasteiger partial charge in [0.05, 0.1) is 11.4 Å². The minimum Gasteiger partial charge on any atom is -0.441 e. The second kappa shape index (κ2) is 7.26. The first kappa shape index (κ1) is 15.6. The van der Waals surface area contributed by atoms with Gasteiger partial charge in [0.1, 0.15) is 5.76 Å². The summed E-state index contributed by atoms with van der Waals surface area (Å²) in [5.74, 6) is 2.69. The Kier molecular flexibility index (Phi) is 5.65. The summed E-state index contributed by atoms with van der Waals surface area (Å²) in [7, 11) is 0. The lowest BCUT2D eigenvalue weighted by molar-refractivity contribution is -0.107. The molecule has 0 saturated heterocycles. The van der Waals surface area contributed by atoms with Crippen molar-refractivity contribution in [2.75, 3.05) is 5.75 Å². The SMILES string of the molecule is CCc1ccc(-c2nc(CSCC(=O)I)c(C)o2)cc1. The van der Waals surface area contributed by atoms with Crippen LogP contribution in [0, 0.1) is 6.92 Å². The van der Waals surface area contributed by atoms with E-state index in [2.05, 4.69) is 24.0 Å². The van der Waals surface area contributed by atoms with Crippen LogP contribution in [0.1, 0.15) is 23.9 Å². The molecule has 0 bridgehead atoms. The van der Waals surface area contributed by atoms with Crippen molar-refractivity contribution >= 4 is 38.1 Å². The molecular weight excluding hydrogens is 385 g/mol. The fourth-order valence-corrected chi connectivity index (χ4v) is 3.18. The normalized spacial score (nSPS) is 10.8. The number of nitrogens with zero attached hydrogens (tertiary/aromatic N) is 1. The Morgan fingerprint density at radius 2 is 2.05 bits per heavy atom. The smallest absolute Gasteiger partial charge is 0.226 e. The number of aromatic nitrogens is 1. The summed E-state index contributed by atoms with van der Waals surface area (Å²) >= 11 is 3.38. The van der Waals surface area contributed by atoms with Gasteiger partial charge >= 0.3 is 0 Å². The van der Waals surface area contributed by atoms with E-state index < -0.39 is 0 Å². The Hall–Kier alpha value is -0.820. The lowest BCUT2D eigenvalue weighted by atomic mass is 10.1. The molecule has 5 heteroatoms. The number of carbonyl (C=O) groups is 1. The number of carbonyl (C=O) groups excluding carboxylic acids is 1. The fraction of sp³-hybridized carbons (Fsp3) is 0.333. The second-order valence-electron chi connectivity index (χ2n) is 4.42. The van der Waals surface area contributed by atoms with E-state index in [1.54, 1.807) is 11.8 Å². The van der Waals surface area contributed by atoms with Gasteiger partial charge in [0.2, 0.25) is 9.68 Å². The Morgan fingerprint density at radius 3 is 2.65 bits per heavy atom. The number of thioether (sulfide) groups is 1. The molecule has 0 spiro atoms. The molecule has 1 heterocycles. The van der Waals surface area contributed by atoms with E-state index in [0.717, 1.165) is 23.4 Å². The average molecular weight is 401 g/mol. The summed E-state index contributed by atoms with van der Waals surface area (Å²) in [5, 5.41) is 0. The molecule has 0 aliphatic rings. The zero-order chi connectivity index (χ0) is 14.5. The predicted molar refractivity (Wildman–Crippen MR) is 91.2 cm³/mol. The largest absolute Gasteiger partial charge is 0.441 e. The maximum atomic E-state index is 10.9. The fourth-order valence-electron chi connectivity index (χ4n) is 1.80. The maximum Gasteiger partial charge on any atom is 0.226 e. The molecule has 1 aromatic carbocycles. The van der Waals surface area contributed by atoms with Crippen LogP contribution in [0.5, 0.6) is 0 Å². The third-order valence-electron chi connectivity index (χ3n) is 2.96. The summed E-state index contributed by atoms with van der Waals surface area (Å²) < 4.78 is 5.88. The van der Waals surface area contributed by atoms with Gasteiger partial charge < -0.3 is 4.42 Å². The summed E-state index contributed by atoms with van der Waals surface area (Å²) in [4.78, 5) is 15.5. The molecule has 3 nitrogen and oxygen atoms in total. The number of halogens is 1. The minimum absolute atomic E-state index is 0.157. The molecule has 0 N–H and O–H groups in total. The zero-order valence-corrected chi connectivity index (χ0v) is 14.5. The number of aryl methyl sites for hydroxylation is 2. The molecule has 0 fully saturated rings. The van der Waals surface area contributed by atoms with Gasteiger partial charge in [-0.25, -0.2) is 4.98 Å². The van der Waals surface area contributed by atoms with E-state index in [1.165, 1.54) is 5.56 Å². The van der Waals surface area contributed by atoms with Gasteiger partial charge in [0, 0.05) is 33.9 Å². The molecule has 2 rings (SSSR count). The molecule has 0 atom stereocenters. The molecule has 0 saturated carbocycles. The Morgan fingerprint density at radius 1 is 1.35 bits per heavy atom. The van der Waals surface area contributed by atoms with E-state index in [1.807, 2.05) is 41.6 Å². The third kappa shape index (κ3) is 4.09. The first-order chi connectivity index (χ1) is 9.60. The van der Waals surface area contributed by atoms with Crippen molar-refractivity contribution in [3.05, 3.63) is 41.3 Å². The van der Waals surface area contributed by atoms with E-state index in [0.29, 0.717) is 17.4 Å². The lowest BCUT2D eigenvalue weighted by Gasteiger charge is -1.98. The van der Waals surface area contributed by atoms with Crippen molar-refractivity contribution in [2.45, 2.75) is 26.0 Å². The Balaban J connectivity index is 2.11. The van der Waals surface area contributed by atoms with Crippen LogP contribution >= 0.6 is 34.4 Å². The maximum absolute atomic E-state index is 10.9. The van der Waals surface area contributed by atoms with Crippen LogP contribution in [0.4, 0.5) is 0 Å². The number of oxazole rings is 1. The Bertz CT molecular complexity index is 592. The molecule has 2 aromatic rings. The first-order valence-electron chi connectivity index (χ1n) is 6.42. The van der Waals surface area contributed by atoms with Crippen molar-refractivity contribution in [1.29, 1.82) is 0 Å². The van der Waals surface area contributed by atoms with Gasteiger partial charge in [-0.2, -0.15) is 0 Å². The standard InChI is InChI=1S/C15H16INO2S/c1-3-11-4-6-12(7-5-11)15-17-13(10(2)19-15)8-20-9-14(16)18/h4-7H,3,8-9H2,1-2H3. The van der Waals surface area contributed by atoms with Crippen molar-refractivity contribution in [3.8, 4) is 11.5 Å². The molecule has 20 heavy (non-hydrogen) atoms. The van der Waals surface area contributed by atoms with Crippen molar-refractivity contribution in [1.82, 2.24) is 4.98 Å². The van der Waals surface area contributed by atoms with Crippen LogP contribution in [0.3, 0.4) is 0 Å². The highest BCUT2D eigenvalue weighted by Gasteiger charge is 2.11. The molecule has 1 aromatic heterocycles. The monoisotopic (exact) mass is 401 g/mol. The third-order valence-corrected chi connectivity index (χ3v) is 4.80. The molecule has 0 amide bonds. The van der Waals surface area contributed by atoms with Crippen LogP contribution in [-0.2, 0) is 17.0 Å². The molecule has 0 aliphatic carbocycles. The van der Waals surface area contributed by atoms with Gasteiger partial charge in [0.15, 0.2) is 0 Å². The quantitative estimate of drug-likeness (QED) is 0.532. The number of hydrogen-bond acceptors (Lipinski definition) is 4. The van der Waals surface area contributed by atoms with E-state index in [4.69, 9.17) is 4.42 Å². The summed E-state index contributed by atoms with van der Waals surface area (Å²) in [6, 6.07) is 8.26. The van der Waals surface area contributed by atoms with Crippen LogP contribution in [0.15, 0.2) is 28.7 Å². The lowest BCUT2D eigenvalue weighted by Crippen LogP contribution is -1.91. The van der Waals surface area contributed by atoms with Gasteiger partial charge in [0.25, 0.3) is 0 Å². The minimum atomic E-state index is 0.157. The van der Waals surface area contributed by atoms with E-state index in [9.17, 15) is 4.79 Å². The van der Waals surface area contributed by atoms with Gasteiger partial charge in [-0.15, -0.1) is 11.8 Å². The highest BCUT2D eigenvalue weighted by molar-refractivity contribution is 14.1. The highest BCUT2D eigenvalue weighted by atomic mass is 127. The van der Waals surface area contributed by atoms with Crippen LogP contribution in [0.25, 0.3) is 11.5 Å².